The molecule has 0 fully saturated rings. The monoisotopic (exact) mass is 324 g/mol. The first kappa shape index (κ1) is 15.9. The van der Waals surface area contributed by atoms with Crippen LogP contribution in [0.5, 0.6) is 0 Å². The molecule has 0 amide bonds. The molecule has 0 N–H and O–H groups in total. The van der Waals surface area contributed by atoms with Crippen molar-refractivity contribution in [3.63, 3.8) is 0 Å². The summed E-state index contributed by atoms with van der Waals surface area (Å²) in [5.74, 6) is -0.866. The SMILES string of the molecule is CCC(F)[PH](c1ccccc1)(c1ccccc1)c1ccccc1. The third-order valence-electron chi connectivity index (χ3n) is 4.52. The summed E-state index contributed by atoms with van der Waals surface area (Å²) in [6.07, 6.45) is 0.519. The van der Waals surface area contributed by atoms with Crippen LogP contribution in [0.2, 0.25) is 0 Å². The Morgan fingerprint density at radius 3 is 1.22 bits per heavy atom. The Labute approximate surface area is 138 Å². The van der Waals surface area contributed by atoms with Crippen molar-refractivity contribution in [1.29, 1.82) is 0 Å². The van der Waals surface area contributed by atoms with E-state index in [-0.39, 0.29) is 0 Å². The minimum atomic E-state index is -2.69. The minimum absolute atomic E-state index is 0.519. The Balaban J connectivity index is 2.35. The van der Waals surface area contributed by atoms with Gasteiger partial charge in [0.2, 0.25) is 0 Å². The topological polar surface area (TPSA) is 0 Å². The van der Waals surface area contributed by atoms with Gasteiger partial charge in [-0.3, -0.25) is 0 Å². The zero-order chi connectivity index (χ0) is 16.1. The van der Waals surface area contributed by atoms with E-state index >= 15 is 4.39 Å². The van der Waals surface area contributed by atoms with Gasteiger partial charge in [-0.15, -0.1) is 0 Å². The first-order valence-corrected chi connectivity index (χ1v) is 10.2. The number of hydrogen-bond donors (Lipinski definition) is 0. The third kappa shape index (κ3) is 2.82. The summed E-state index contributed by atoms with van der Waals surface area (Å²) >= 11 is 0. The fourth-order valence-corrected chi connectivity index (χ4v) is 8.30. The zero-order valence-corrected chi connectivity index (χ0v) is 14.3. The molecule has 23 heavy (non-hydrogen) atoms. The van der Waals surface area contributed by atoms with Crippen molar-refractivity contribution in [2.75, 3.05) is 0 Å². The van der Waals surface area contributed by atoms with E-state index < -0.39 is 13.2 Å². The fourth-order valence-electron chi connectivity index (χ4n) is 3.45. The quantitative estimate of drug-likeness (QED) is 0.610. The summed E-state index contributed by atoms with van der Waals surface area (Å²) in [6.45, 7) is 1.95. The van der Waals surface area contributed by atoms with E-state index in [1.165, 1.54) is 0 Å². The van der Waals surface area contributed by atoms with Gasteiger partial charge in [0.1, 0.15) is 0 Å². The van der Waals surface area contributed by atoms with Gasteiger partial charge in [-0.2, -0.15) is 0 Å². The molecular formula is C21H22FP. The molecule has 0 saturated carbocycles. The maximum absolute atomic E-state index is 15.6. The summed E-state index contributed by atoms with van der Waals surface area (Å²) in [5.41, 5.74) is 0. The molecule has 118 valence electrons. The summed E-state index contributed by atoms with van der Waals surface area (Å²) < 4.78 is 15.6. The van der Waals surface area contributed by atoms with Gasteiger partial charge in [0.15, 0.2) is 0 Å². The first-order valence-electron chi connectivity index (χ1n) is 8.10. The Morgan fingerprint density at radius 1 is 0.652 bits per heavy atom. The van der Waals surface area contributed by atoms with E-state index in [4.69, 9.17) is 0 Å². The second kappa shape index (κ2) is 7.06. The van der Waals surface area contributed by atoms with Crippen molar-refractivity contribution in [2.45, 2.75) is 19.3 Å². The summed E-state index contributed by atoms with van der Waals surface area (Å²) in [7, 11) is -2.69. The van der Waals surface area contributed by atoms with Gasteiger partial charge in [-0.1, -0.05) is 0 Å². The van der Waals surface area contributed by atoms with Crippen LogP contribution in [0, 0.1) is 0 Å². The fraction of sp³-hybridized carbons (Fsp3) is 0.143. The number of alkyl halides is 1. The molecule has 0 spiro atoms. The molecule has 3 aromatic rings. The second-order valence-corrected chi connectivity index (χ2v) is 9.76. The third-order valence-corrected chi connectivity index (χ3v) is 9.60. The van der Waals surface area contributed by atoms with Crippen molar-refractivity contribution >= 4 is 23.2 Å². The summed E-state index contributed by atoms with van der Waals surface area (Å²) in [6, 6.07) is 30.7. The molecule has 0 saturated heterocycles. The molecule has 3 rings (SSSR count). The van der Waals surface area contributed by atoms with E-state index in [1.54, 1.807) is 0 Å². The molecule has 0 bridgehead atoms. The molecule has 0 aliphatic rings. The van der Waals surface area contributed by atoms with Crippen molar-refractivity contribution in [2.24, 2.45) is 0 Å². The van der Waals surface area contributed by atoms with E-state index in [9.17, 15) is 0 Å². The van der Waals surface area contributed by atoms with Gasteiger partial charge in [0, 0.05) is 0 Å². The molecule has 0 aliphatic carbocycles. The Bertz CT molecular complexity index is 629. The molecule has 0 radical (unpaired) electrons. The van der Waals surface area contributed by atoms with Crippen LogP contribution in [0.1, 0.15) is 13.3 Å². The molecule has 0 aliphatic heterocycles. The Hall–Kier alpha value is -1.98. The maximum atomic E-state index is 15.6. The number of hydrogen-bond acceptors (Lipinski definition) is 0. The van der Waals surface area contributed by atoms with Crippen molar-refractivity contribution in [3.05, 3.63) is 91.0 Å². The molecule has 2 heteroatoms. The van der Waals surface area contributed by atoms with Crippen molar-refractivity contribution in [3.8, 4) is 0 Å². The van der Waals surface area contributed by atoms with Gasteiger partial charge in [0.25, 0.3) is 0 Å². The van der Waals surface area contributed by atoms with Gasteiger partial charge < -0.3 is 0 Å². The molecule has 3 aromatic carbocycles. The number of rotatable bonds is 5. The second-order valence-electron chi connectivity index (χ2n) is 5.78. The van der Waals surface area contributed by atoms with Gasteiger partial charge in [-0.25, -0.2) is 0 Å². The van der Waals surface area contributed by atoms with Crippen molar-refractivity contribution < 1.29 is 4.39 Å². The average Bonchev–Trinajstić information content (AvgIpc) is 2.65. The van der Waals surface area contributed by atoms with Gasteiger partial charge >= 0.3 is 138 Å². The van der Waals surface area contributed by atoms with Gasteiger partial charge in [0.05, 0.1) is 0 Å². The van der Waals surface area contributed by atoms with E-state index in [2.05, 4.69) is 36.4 Å². The van der Waals surface area contributed by atoms with Crippen LogP contribution in [0.4, 0.5) is 4.39 Å². The van der Waals surface area contributed by atoms with Crippen LogP contribution in [0.3, 0.4) is 0 Å². The normalized spacial score (nSPS) is 13.5. The van der Waals surface area contributed by atoms with Crippen LogP contribution in [-0.2, 0) is 0 Å². The number of halogens is 1. The molecule has 0 nitrogen and oxygen atoms in total. The standard InChI is InChI=1S/C21H22FP/c1-2-21(22)23(18-12-6-3-7-13-18,19-14-8-4-9-15-19)20-16-10-5-11-17-20/h3-17,21,23H,2H2,1H3. The summed E-state index contributed by atoms with van der Waals surface area (Å²) in [5, 5.41) is 3.39. The van der Waals surface area contributed by atoms with Crippen LogP contribution in [0.25, 0.3) is 0 Å². The predicted molar refractivity (Wildman–Crippen MR) is 102 cm³/mol. The first-order chi connectivity index (χ1) is 11.3. The average molecular weight is 324 g/mol. The molecule has 0 heterocycles. The Morgan fingerprint density at radius 2 is 0.957 bits per heavy atom. The van der Waals surface area contributed by atoms with Gasteiger partial charge in [-0.05, 0) is 0 Å². The van der Waals surface area contributed by atoms with E-state index in [0.29, 0.717) is 6.42 Å². The van der Waals surface area contributed by atoms with Crippen LogP contribution < -0.4 is 15.9 Å². The van der Waals surface area contributed by atoms with Crippen LogP contribution in [0.15, 0.2) is 91.0 Å². The van der Waals surface area contributed by atoms with Crippen LogP contribution >= 0.6 is 7.26 Å². The molecule has 1 unspecified atom stereocenters. The molecule has 0 aromatic heterocycles. The van der Waals surface area contributed by atoms with Crippen molar-refractivity contribution in [1.82, 2.24) is 0 Å². The van der Waals surface area contributed by atoms with Crippen LogP contribution in [-0.4, -0.2) is 5.91 Å². The summed E-state index contributed by atoms with van der Waals surface area (Å²) in [4.78, 5) is 0. The Kier molecular flexibility index (Phi) is 4.88. The molecular weight excluding hydrogens is 302 g/mol. The van der Waals surface area contributed by atoms with E-state index in [1.807, 2.05) is 61.5 Å². The predicted octanol–water partition coefficient (Wildman–Crippen LogP) is 4.42. The number of benzene rings is 3. The van der Waals surface area contributed by atoms with E-state index in [0.717, 1.165) is 15.9 Å². The molecule has 1 atom stereocenters. The zero-order valence-electron chi connectivity index (χ0n) is 13.3.